The van der Waals surface area contributed by atoms with Crippen LogP contribution in [-0.4, -0.2) is 13.2 Å². The molecule has 4 aliphatic rings. The predicted octanol–water partition coefficient (Wildman–Crippen LogP) is 6.76. The Morgan fingerprint density at radius 2 is 1.72 bits per heavy atom. The second-order valence-electron chi connectivity index (χ2n) is 10.4. The van der Waals surface area contributed by atoms with Gasteiger partial charge in [0, 0.05) is 18.2 Å². The first-order chi connectivity index (χ1) is 15.4. The summed E-state index contributed by atoms with van der Waals surface area (Å²) in [6, 6.07) is 10.9. The smallest absolute Gasteiger partial charge is 0.161 e. The van der Waals surface area contributed by atoms with Gasteiger partial charge in [0.1, 0.15) is 12.4 Å². The SMILES string of the molecule is COc1cc(CNC(C)C23CC4CC(CC(C4)C2)C3)ccc1OCc1ccc(F)cc1Cl. The van der Waals surface area contributed by atoms with Gasteiger partial charge in [-0.2, -0.15) is 0 Å². The lowest BCUT2D eigenvalue weighted by Gasteiger charge is -2.59. The maximum atomic E-state index is 13.3. The van der Waals surface area contributed by atoms with Crippen LogP contribution >= 0.6 is 11.6 Å². The van der Waals surface area contributed by atoms with Gasteiger partial charge in [0.05, 0.1) is 12.1 Å². The number of nitrogens with one attached hydrogen (secondary N) is 1. The lowest BCUT2D eigenvalue weighted by Crippen LogP contribution is -2.54. The van der Waals surface area contributed by atoms with Gasteiger partial charge in [-0.1, -0.05) is 23.7 Å². The van der Waals surface area contributed by atoms with Crippen molar-refractivity contribution in [2.75, 3.05) is 7.11 Å². The van der Waals surface area contributed by atoms with Crippen LogP contribution in [0.3, 0.4) is 0 Å². The zero-order valence-electron chi connectivity index (χ0n) is 19.0. The third-order valence-corrected chi connectivity index (χ3v) is 8.59. The van der Waals surface area contributed by atoms with Gasteiger partial charge in [0.2, 0.25) is 0 Å². The molecule has 32 heavy (non-hydrogen) atoms. The molecule has 1 unspecified atom stereocenters. The van der Waals surface area contributed by atoms with Gasteiger partial charge < -0.3 is 14.8 Å². The molecule has 4 saturated carbocycles. The molecule has 0 radical (unpaired) electrons. The minimum Gasteiger partial charge on any atom is -0.493 e. The Kier molecular flexibility index (Phi) is 6.11. The maximum Gasteiger partial charge on any atom is 0.161 e. The summed E-state index contributed by atoms with van der Waals surface area (Å²) >= 11 is 6.12. The van der Waals surface area contributed by atoms with Crippen molar-refractivity contribution in [3.8, 4) is 11.5 Å². The molecule has 0 spiro atoms. The second-order valence-corrected chi connectivity index (χ2v) is 10.8. The molecular formula is C27H33ClFNO2. The Morgan fingerprint density at radius 3 is 2.34 bits per heavy atom. The molecule has 4 bridgehead atoms. The van der Waals surface area contributed by atoms with Gasteiger partial charge in [0.25, 0.3) is 0 Å². The molecule has 0 saturated heterocycles. The first kappa shape index (κ1) is 22.0. The molecule has 6 rings (SSSR count). The molecule has 2 aromatic carbocycles. The summed E-state index contributed by atoms with van der Waals surface area (Å²) in [5.74, 6) is 3.91. The van der Waals surface area contributed by atoms with E-state index in [0.29, 0.717) is 28.0 Å². The molecule has 172 valence electrons. The molecule has 3 nitrogen and oxygen atoms in total. The molecule has 1 atom stereocenters. The topological polar surface area (TPSA) is 30.5 Å². The fourth-order valence-corrected chi connectivity index (χ4v) is 7.15. The lowest BCUT2D eigenvalue weighted by atomic mass is 9.48. The van der Waals surface area contributed by atoms with Crippen molar-refractivity contribution < 1.29 is 13.9 Å². The molecule has 0 aliphatic heterocycles. The van der Waals surface area contributed by atoms with Crippen LogP contribution in [0.15, 0.2) is 36.4 Å². The highest BCUT2D eigenvalue weighted by Gasteiger charge is 2.52. The van der Waals surface area contributed by atoms with Gasteiger partial charge in [0.15, 0.2) is 11.5 Å². The van der Waals surface area contributed by atoms with Gasteiger partial charge in [-0.05, 0) is 98.4 Å². The highest BCUT2D eigenvalue weighted by molar-refractivity contribution is 6.31. The van der Waals surface area contributed by atoms with Crippen LogP contribution in [0.2, 0.25) is 5.02 Å². The van der Waals surface area contributed by atoms with Crippen LogP contribution in [-0.2, 0) is 13.2 Å². The van der Waals surface area contributed by atoms with Crippen molar-refractivity contribution in [1.29, 1.82) is 0 Å². The number of halogens is 2. The van der Waals surface area contributed by atoms with Crippen LogP contribution in [0.1, 0.15) is 56.6 Å². The Hall–Kier alpha value is -1.78. The van der Waals surface area contributed by atoms with Crippen LogP contribution in [0.4, 0.5) is 4.39 Å². The van der Waals surface area contributed by atoms with E-state index in [2.05, 4.69) is 18.3 Å². The standard InChI is InChI=1S/C27H33ClFNO2/c1-17(27-12-19-7-20(13-27)9-21(8-19)14-27)30-15-18-3-6-25(26(10-18)31-2)32-16-22-4-5-23(29)11-24(22)28/h3-6,10-11,17,19-21,30H,7-9,12-16H2,1-2H3. The van der Waals surface area contributed by atoms with Crippen molar-refractivity contribution in [3.05, 3.63) is 58.4 Å². The van der Waals surface area contributed by atoms with Crippen molar-refractivity contribution in [2.24, 2.45) is 23.2 Å². The lowest BCUT2D eigenvalue weighted by molar-refractivity contribution is -0.0706. The minimum atomic E-state index is -0.351. The average molecular weight is 458 g/mol. The van der Waals surface area contributed by atoms with E-state index in [0.717, 1.165) is 29.9 Å². The Morgan fingerprint density at radius 1 is 1.03 bits per heavy atom. The van der Waals surface area contributed by atoms with E-state index in [1.807, 2.05) is 12.1 Å². The van der Waals surface area contributed by atoms with E-state index >= 15 is 0 Å². The molecule has 1 N–H and O–H groups in total. The number of ether oxygens (including phenoxy) is 2. The van der Waals surface area contributed by atoms with E-state index in [1.165, 1.54) is 56.2 Å². The molecule has 5 heteroatoms. The number of rotatable bonds is 8. The normalized spacial score (nSPS) is 29.2. The summed E-state index contributed by atoms with van der Waals surface area (Å²) in [6.45, 7) is 3.48. The van der Waals surface area contributed by atoms with Crippen molar-refractivity contribution in [3.63, 3.8) is 0 Å². The van der Waals surface area contributed by atoms with Crippen LogP contribution in [0, 0.1) is 29.0 Å². The molecule has 4 fully saturated rings. The highest BCUT2D eigenvalue weighted by atomic mass is 35.5. The number of hydrogen-bond donors (Lipinski definition) is 1. The quantitative estimate of drug-likeness (QED) is 0.475. The number of hydrogen-bond acceptors (Lipinski definition) is 3. The van der Waals surface area contributed by atoms with Gasteiger partial charge in [-0.3, -0.25) is 0 Å². The first-order valence-electron chi connectivity index (χ1n) is 11.9. The second kappa shape index (κ2) is 8.87. The van der Waals surface area contributed by atoms with E-state index < -0.39 is 0 Å². The monoisotopic (exact) mass is 457 g/mol. The minimum absolute atomic E-state index is 0.260. The Balaban J connectivity index is 1.21. The van der Waals surface area contributed by atoms with Crippen LogP contribution < -0.4 is 14.8 Å². The van der Waals surface area contributed by atoms with Crippen molar-refractivity contribution in [2.45, 2.75) is 64.6 Å². The largest absolute Gasteiger partial charge is 0.493 e. The van der Waals surface area contributed by atoms with Gasteiger partial charge >= 0.3 is 0 Å². The molecule has 0 aromatic heterocycles. The van der Waals surface area contributed by atoms with Gasteiger partial charge in [-0.25, -0.2) is 4.39 Å². The molecule has 0 amide bonds. The average Bonchev–Trinajstić information content (AvgIpc) is 2.76. The number of benzene rings is 2. The van der Waals surface area contributed by atoms with E-state index in [-0.39, 0.29) is 12.4 Å². The Bertz CT molecular complexity index is 943. The summed E-state index contributed by atoms with van der Waals surface area (Å²) in [4.78, 5) is 0. The molecule has 0 heterocycles. The third kappa shape index (κ3) is 4.36. The Labute approximate surface area is 195 Å². The van der Waals surface area contributed by atoms with Crippen LogP contribution in [0.5, 0.6) is 11.5 Å². The third-order valence-electron chi connectivity index (χ3n) is 8.24. The van der Waals surface area contributed by atoms with Gasteiger partial charge in [-0.15, -0.1) is 0 Å². The molecule has 4 aliphatic carbocycles. The summed E-state index contributed by atoms with van der Waals surface area (Å²) in [7, 11) is 1.66. The maximum absolute atomic E-state index is 13.3. The zero-order chi connectivity index (χ0) is 22.3. The van der Waals surface area contributed by atoms with E-state index in [1.54, 1.807) is 13.2 Å². The van der Waals surface area contributed by atoms with E-state index in [9.17, 15) is 4.39 Å². The fourth-order valence-electron chi connectivity index (χ4n) is 6.93. The van der Waals surface area contributed by atoms with Crippen LogP contribution in [0.25, 0.3) is 0 Å². The summed E-state index contributed by atoms with van der Waals surface area (Å²) in [5.41, 5.74) is 2.42. The molecule has 2 aromatic rings. The summed E-state index contributed by atoms with van der Waals surface area (Å²) in [5, 5.41) is 4.21. The first-order valence-corrected chi connectivity index (χ1v) is 12.3. The molecular weight excluding hydrogens is 425 g/mol. The van der Waals surface area contributed by atoms with Crippen molar-refractivity contribution >= 4 is 11.6 Å². The summed E-state index contributed by atoms with van der Waals surface area (Å²) in [6.07, 6.45) is 8.68. The highest BCUT2D eigenvalue weighted by Crippen LogP contribution is 2.61. The predicted molar refractivity (Wildman–Crippen MR) is 126 cm³/mol. The van der Waals surface area contributed by atoms with E-state index in [4.69, 9.17) is 21.1 Å². The zero-order valence-corrected chi connectivity index (χ0v) is 19.8. The fraction of sp³-hybridized carbons (Fsp3) is 0.556. The number of methoxy groups -OCH3 is 1. The van der Waals surface area contributed by atoms with Crippen molar-refractivity contribution in [1.82, 2.24) is 5.32 Å². The summed E-state index contributed by atoms with van der Waals surface area (Å²) < 4.78 is 24.8.